The van der Waals surface area contributed by atoms with Gasteiger partial charge in [-0.15, -0.1) is 0 Å². The van der Waals surface area contributed by atoms with Gasteiger partial charge in [0.25, 0.3) is 0 Å². The maximum Gasteiger partial charge on any atom is 0.306 e. The van der Waals surface area contributed by atoms with Crippen molar-refractivity contribution in [1.82, 2.24) is 0 Å². The van der Waals surface area contributed by atoms with E-state index in [0.29, 0.717) is 6.42 Å². The molecule has 2 heteroatoms. The number of cyclic esters (lactones) is 1. The van der Waals surface area contributed by atoms with Crippen LogP contribution in [-0.2, 0) is 9.53 Å². The van der Waals surface area contributed by atoms with Gasteiger partial charge < -0.3 is 4.74 Å². The van der Waals surface area contributed by atoms with Gasteiger partial charge in [-0.3, -0.25) is 4.79 Å². The Labute approximate surface area is 125 Å². The smallest absolute Gasteiger partial charge is 0.306 e. The second-order valence-corrected chi connectivity index (χ2v) is 6.07. The molecule has 0 N–H and O–H groups in total. The van der Waals surface area contributed by atoms with Gasteiger partial charge in [0, 0.05) is 6.42 Å². The largest absolute Gasteiger partial charge is 0.463 e. The molecule has 0 aromatic heterocycles. The van der Waals surface area contributed by atoms with E-state index in [1.165, 1.54) is 51.4 Å². The molecular formula is C18H32O2. The molecule has 1 aliphatic rings. The Morgan fingerprint density at radius 3 is 2.10 bits per heavy atom. The Bertz CT molecular complexity index is 271. The lowest BCUT2D eigenvalue weighted by Crippen LogP contribution is -2.14. The molecule has 0 aliphatic carbocycles. The Hall–Kier alpha value is -0.790. The van der Waals surface area contributed by atoms with Gasteiger partial charge in [-0.25, -0.2) is 0 Å². The fraction of sp³-hybridized carbons (Fsp3) is 0.833. The van der Waals surface area contributed by atoms with Gasteiger partial charge in [0.15, 0.2) is 0 Å². The summed E-state index contributed by atoms with van der Waals surface area (Å²) >= 11 is 0. The molecule has 0 fully saturated rings. The fourth-order valence-corrected chi connectivity index (χ4v) is 2.69. The van der Waals surface area contributed by atoms with Gasteiger partial charge in [0.2, 0.25) is 0 Å². The highest BCUT2D eigenvalue weighted by atomic mass is 16.5. The fourth-order valence-electron chi connectivity index (χ4n) is 2.69. The van der Waals surface area contributed by atoms with Crippen LogP contribution in [0, 0.1) is 0 Å². The van der Waals surface area contributed by atoms with Crippen molar-refractivity contribution >= 4 is 5.97 Å². The number of hydrogen-bond acceptors (Lipinski definition) is 2. The molecule has 2 nitrogen and oxygen atoms in total. The van der Waals surface area contributed by atoms with Crippen molar-refractivity contribution in [2.75, 3.05) is 0 Å². The van der Waals surface area contributed by atoms with Crippen LogP contribution >= 0.6 is 0 Å². The molecule has 0 bridgehead atoms. The van der Waals surface area contributed by atoms with Crippen LogP contribution in [0.3, 0.4) is 0 Å². The summed E-state index contributed by atoms with van der Waals surface area (Å²) in [7, 11) is 0. The summed E-state index contributed by atoms with van der Waals surface area (Å²) < 4.78 is 5.44. The number of rotatable bonds is 0. The standard InChI is InChI=1S/C18H32O2/c1-17-15-13-11-9-7-5-3-2-4-6-8-10-12-14-16-18(19)20-17/h6,8,17H,2-5,7,9-16H2,1H3. The lowest BCUT2D eigenvalue weighted by atomic mass is 10.1. The Balaban J connectivity index is 2.25. The highest BCUT2D eigenvalue weighted by Crippen LogP contribution is 2.13. The van der Waals surface area contributed by atoms with Crippen LogP contribution in [0.1, 0.15) is 90.4 Å². The zero-order valence-electron chi connectivity index (χ0n) is 13.2. The van der Waals surface area contributed by atoms with Crippen LogP contribution in [0.15, 0.2) is 12.2 Å². The molecule has 1 heterocycles. The van der Waals surface area contributed by atoms with E-state index in [-0.39, 0.29) is 12.1 Å². The van der Waals surface area contributed by atoms with Crippen molar-refractivity contribution in [3.8, 4) is 0 Å². The van der Waals surface area contributed by atoms with Gasteiger partial charge in [-0.1, -0.05) is 44.3 Å². The molecule has 0 radical (unpaired) electrons. The second kappa shape index (κ2) is 12.0. The third-order valence-corrected chi connectivity index (χ3v) is 3.98. The van der Waals surface area contributed by atoms with E-state index < -0.39 is 0 Å². The maximum atomic E-state index is 11.6. The molecule has 1 unspecified atom stereocenters. The Morgan fingerprint density at radius 1 is 0.850 bits per heavy atom. The zero-order valence-corrected chi connectivity index (χ0v) is 13.2. The third kappa shape index (κ3) is 10.1. The van der Waals surface area contributed by atoms with Gasteiger partial charge in [-0.2, -0.15) is 0 Å². The Kier molecular flexibility index (Phi) is 10.3. The van der Waals surface area contributed by atoms with E-state index in [2.05, 4.69) is 12.2 Å². The quantitative estimate of drug-likeness (QED) is 0.429. The predicted molar refractivity (Wildman–Crippen MR) is 84.7 cm³/mol. The number of carbonyl (C=O) groups is 1. The minimum atomic E-state index is -0.0115. The first-order valence-electron chi connectivity index (χ1n) is 8.63. The summed E-state index contributed by atoms with van der Waals surface area (Å²) in [4.78, 5) is 11.6. The van der Waals surface area contributed by atoms with E-state index >= 15 is 0 Å². The van der Waals surface area contributed by atoms with Crippen molar-refractivity contribution < 1.29 is 9.53 Å². The monoisotopic (exact) mass is 280 g/mol. The minimum absolute atomic E-state index is 0.0115. The predicted octanol–water partition coefficient (Wildman–Crippen LogP) is 5.56. The molecule has 0 spiro atoms. The van der Waals surface area contributed by atoms with Crippen molar-refractivity contribution in [2.45, 2.75) is 96.5 Å². The summed E-state index contributed by atoms with van der Waals surface area (Å²) in [5, 5.41) is 0. The average Bonchev–Trinajstić information content (AvgIpc) is 2.42. The highest BCUT2D eigenvalue weighted by molar-refractivity contribution is 5.69. The van der Waals surface area contributed by atoms with Gasteiger partial charge in [0.1, 0.15) is 0 Å². The first-order chi connectivity index (χ1) is 9.79. The molecule has 1 aliphatic heterocycles. The number of esters is 1. The van der Waals surface area contributed by atoms with Crippen LogP contribution in [-0.4, -0.2) is 12.1 Å². The van der Waals surface area contributed by atoms with E-state index in [4.69, 9.17) is 4.74 Å². The SMILES string of the molecule is CC1CCCCCCCCCC=CCCCCC(=O)O1. The van der Waals surface area contributed by atoms with E-state index in [0.717, 1.165) is 25.7 Å². The molecule has 0 saturated heterocycles. The number of hydrogen-bond donors (Lipinski definition) is 0. The zero-order chi connectivity index (χ0) is 14.5. The summed E-state index contributed by atoms with van der Waals surface area (Å²) in [6.07, 6.45) is 19.9. The van der Waals surface area contributed by atoms with Crippen LogP contribution < -0.4 is 0 Å². The lowest BCUT2D eigenvalue weighted by molar-refractivity contribution is -0.148. The second-order valence-electron chi connectivity index (χ2n) is 6.07. The first-order valence-corrected chi connectivity index (χ1v) is 8.63. The minimum Gasteiger partial charge on any atom is -0.463 e. The molecule has 0 saturated carbocycles. The number of ether oxygens (including phenoxy) is 1. The van der Waals surface area contributed by atoms with Crippen molar-refractivity contribution in [3.63, 3.8) is 0 Å². The van der Waals surface area contributed by atoms with Crippen LogP contribution in [0.25, 0.3) is 0 Å². The first kappa shape index (κ1) is 17.3. The van der Waals surface area contributed by atoms with E-state index in [1.807, 2.05) is 6.92 Å². The lowest BCUT2D eigenvalue weighted by Gasteiger charge is -2.13. The molecule has 0 amide bonds. The summed E-state index contributed by atoms with van der Waals surface area (Å²) in [6, 6.07) is 0. The normalized spacial score (nSPS) is 25.4. The van der Waals surface area contributed by atoms with E-state index in [9.17, 15) is 4.79 Å². The molecule has 1 atom stereocenters. The van der Waals surface area contributed by atoms with Crippen molar-refractivity contribution in [3.05, 3.63) is 12.2 Å². The molecule has 0 aromatic carbocycles. The van der Waals surface area contributed by atoms with Gasteiger partial charge >= 0.3 is 5.97 Å². The van der Waals surface area contributed by atoms with Crippen LogP contribution in [0.5, 0.6) is 0 Å². The maximum absolute atomic E-state index is 11.6. The van der Waals surface area contributed by atoms with Crippen LogP contribution in [0.2, 0.25) is 0 Å². The number of carbonyl (C=O) groups excluding carboxylic acids is 1. The van der Waals surface area contributed by atoms with Crippen molar-refractivity contribution in [2.24, 2.45) is 0 Å². The summed E-state index contributed by atoms with van der Waals surface area (Å²) in [5.74, 6) is -0.0115. The average molecular weight is 280 g/mol. The molecule has 0 aromatic rings. The molecule has 20 heavy (non-hydrogen) atoms. The number of allylic oxidation sites excluding steroid dienone is 2. The molecule has 1 rings (SSSR count). The highest BCUT2D eigenvalue weighted by Gasteiger charge is 2.08. The van der Waals surface area contributed by atoms with E-state index in [1.54, 1.807) is 0 Å². The Morgan fingerprint density at radius 2 is 1.40 bits per heavy atom. The van der Waals surface area contributed by atoms with Crippen LogP contribution in [0.4, 0.5) is 0 Å². The van der Waals surface area contributed by atoms with Crippen molar-refractivity contribution in [1.29, 1.82) is 0 Å². The van der Waals surface area contributed by atoms with Gasteiger partial charge in [0.05, 0.1) is 6.10 Å². The van der Waals surface area contributed by atoms with Gasteiger partial charge in [-0.05, 0) is 51.9 Å². The topological polar surface area (TPSA) is 26.3 Å². The summed E-state index contributed by atoms with van der Waals surface area (Å²) in [5.41, 5.74) is 0. The summed E-state index contributed by atoms with van der Waals surface area (Å²) in [6.45, 7) is 2.03. The third-order valence-electron chi connectivity index (χ3n) is 3.98. The molecule has 116 valence electrons. The molecular weight excluding hydrogens is 248 g/mol.